The summed E-state index contributed by atoms with van der Waals surface area (Å²) in [6, 6.07) is 5.09. The number of hydrogen-bond acceptors (Lipinski definition) is 4. The first-order valence-corrected chi connectivity index (χ1v) is 7.06. The van der Waals surface area contributed by atoms with Crippen molar-refractivity contribution >= 4 is 11.6 Å². The van der Waals surface area contributed by atoms with Crippen molar-refractivity contribution in [1.29, 1.82) is 0 Å². The molecule has 112 valence electrons. The molecule has 0 aliphatic carbocycles. The Balaban J connectivity index is 1.84. The molecule has 0 radical (unpaired) electrons. The monoisotopic (exact) mass is 290 g/mol. The summed E-state index contributed by atoms with van der Waals surface area (Å²) >= 11 is 0. The van der Waals surface area contributed by atoms with Crippen molar-refractivity contribution in [2.75, 3.05) is 13.2 Å². The molecule has 3 rings (SSSR count). The van der Waals surface area contributed by atoms with Crippen molar-refractivity contribution in [3.05, 3.63) is 34.9 Å². The molecule has 0 bridgehead atoms. The number of aromatic nitrogens is 3. The number of nitrogens with zero attached hydrogens (tertiary/aromatic N) is 4. The maximum absolute atomic E-state index is 12.4. The van der Waals surface area contributed by atoms with Crippen LogP contribution in [0.5, 0.6) is 0 Å². The van der Waals surface area contributed by atoms with Gasteiger partial charge in [0.05, 0.1) is 12.6 Å². The lowest BCUT2D eigenvalue weighted by atomic mass is 10.0. The van der Waals surface area contributed by atoms with Crippen LogP contribution in [0.1, 0.15) is 13.3 Å². The second-order valence-electron chi connectivity index (χ2n) is 5.47. The number of hydrogen-bond donors (Lipinski definition) is 1. The van der Waals surface area contributed by atoms with Gasteiger partial charge in [-0.1, -0.05) is 13.0 Å². The van der Waals surface area contributed by atoms with Gasteiger partial charge in [0.25, 0.3) is 0 Å². The first-order chi connectivity index (χ1) is 10.1. The minimum atomic E-state index is -0.327. The van der Waals surface area contributed by atoms with Gasteiger partial charge in [-0.3, -0.25) is 9.20 Å². The summed E-state index contributed by atoms with van der Waals surface area (Å²) in [4.78, 5) is 26.2. The van der Waals surface area contributed by atoms with Gasteiger partial charge in [-0.25, -0.2) is 9.48 Å². The number of aliphatic hydroxyl groups excluding tert-OH is 1. The van der Waals surface area contributed by atoms with Gasteiger partial charge in [0, 0.05) is 12.7 Å². The van der Waals surface area contributed by atoms with Crippen LogP contribution in [0.15, 0.2) is 29.2 Å². The number of carbonyl (C=O) groups excluding carboxylic acids is 1. The number of likely N-dealkylation sites (tertiary alicyclic amines) is 1. The Morgan fingerprint density at radius 2 is 2.29 bits per heavy atom. The van der Waals surface area contributed by atoms with E-state index in [-0.39, 0.29) is 36.7 Å². The molecule has 21 heavy (non-hydrogen) atoms. The molecule has 7 heteroatoms. The van der Waals surface area contributed by atoms with E-state index in [4.69, 9.17) is 0 Å². The van der Waals surface area contributed by atoms with Crippen molar-refractivity contribution in [3.63, 3.8) is 0 Å². The molecule has 2 unspecified atom stereocenters. The summed E-state index contributed by atoms with van der Waals surface area (Å²) in [7, 11) is 0. The Hall–Kier alpha value is -2.15. The Kier molecular flexibility index (Phi) is 3.50. The zero-order valence-corrected chi connectivity index (χ0v) is 11.8. The van der Waals surface area contributed by atoms with Crippen LogP contribution in [0.2, 0.25) is 0 Å². The van der Waals surface area contributed by atoms with E-state index in [0.717, 1.165) is 6.42 Å². The molecule has 1 saturated heterocycles. The maximum Gasteiger partial charge on any atom is 0.350 e. The lowest BCUT2D eigenvalue weighted by Gasteiger charge is -2.24. The van der Waals surface area contributed by atoms with Gasteiger partial charge in [-0.2, -0.15) is 0 Å². The number of amides is 1. The summed E-state index contributed by atoms with van der Waals surface area (Å²) in [6.07, 6.45) is 2.50. The molecule has 1 amide bonds. The number of pyridine rings is 1. The molecular weight excluding hydrogens is 272 g/mol. The van der Waals surface area contributed by atoms with Crippen LogP contribution in [-0.2, 0) is 11.3 Å². The molecule has 0 aromatic carbocycles. The van der Waals surface area contributed by atoms with E-state index in [2.05, 4.69) is 5.10 Å². The van der Waals surface area contributed by atoms with Crippen LogP contribution in [0.4, 0.5) is 0 Å². The SMILES string of the molecule is CC1CCN(C(=O)Cn2nc3ccccn3c2=O)C1CO. The minimum Gasteiger partial charge on any atom is -0.394 e. The fraction of sp³-hybridized carbons (Fsp3) is 0.500. The van der Waals surface area contributed by atoms with Gasteiger partial charge in [0.2, 0.25) is 5.91 Å². The minimum absolute atomic E-state index is 0.0486. The summed E-state index contributed by atoms with van der Waals surface area (Å²) in [5.41, 5.74) is 0.190. The predicted molar refractivity (Wildman–Crippen MR) is 75.8 cm³/mol. The molecule has 1 fully saturated rings. The molecule has 1 N–H and O–H groups in total. The lowest BCUT2D eigenvalue weighted by molar-refractivity contribution is -0.134. The molecule has 2 aromatic rings. The summed E-state index contributed by atoms with van der Waals surface area (Å²) in [6.45, 7) is 2.50. The van der Waals surface area contributed by atoms with E-state index in [1.165, 1.54) is 9.08 Å². The van der Waals surface area contributed by atoms with E-state index in [1.54, 1.807) is 29.3 Å². The molecule has 0 spiro atoms. The van der Waals surface area contributed by atoms with Gasteiger partial charge in [-0.15, -0.1) is 5.10 Å². The van der Waals surface area contributed by atoms with Gasteiger partial charge >= 0.3 is 5.69 Å². The zero-order valence-electron chi connectivity index (χ0n) is 11.8. The quantitative estimate of drug-likeness (QED) is 0.843. The van der Waals surface area contributed by atoms with Crippen LogP contribution in [0, 0.1) is 5.92 Å². The molecular formula is C14H18N4O3. The Morgan fingerprint density at radius 3 is 3.00 bits per heavy atom. The van der Waals surface area contributed by atoms with E-state index >= 15 is 0 Å². The maximum atomic E-state index is 12.4. The van der Waals surface area contributed by atoms with Crippen molar-refractivity contribution in [3.8, 4) is 0 Å². The summed E-state index contributed by atoms with van der Waals surface area (Å²) in [5.74, 6) is 0.0978. The van der Waals surface area contributed by atoms with Crippen LogP contribution >= 0.6 is 0 Å². The highest BCUT2D eigenvalue weighted by atomic mass is 16.3. The summed E-state index contributed by atoms with van der Waals surface area (Å²) < 4.78 is 2.58. The first kappa shape index (κ1) is 13.8. The van der Waals surface area contributed by atoms with Crippen molar-refractivity contribution in [2.24, 2.45) is 5.92 Å². The smallest absolute Gasteiger partial charge is 0.350 e. The Morgan fingerprint density at radius 1 is 1.48 bits per heavy atom. The predicted octanol–water partition coefficient (Wildman–Crippen LogP) is -0.275. The number of rotatable bonds is 3. The van der Waals surface area contributed by atoms with Crippen molar-refractivity contribution in [2.45, 2.75) is 25.9 Å². The molecule has 1 aliphatic rings. The molecule has 2 aromatic heterocycles. The third kappa shape index (κ3) is 2.33. The Bertz CT molecular complexity index is 720. The topological polar surface area (TPSA) is 79.8 Å². The van der Waals surface area contributed by atoms with Crippen LogP contribution < -0.4 is 5.69 Å². The summed E-state index contributed by atoms with van der Waals surface area (Å²) in [5, 5.41) is 13.6. The van der Waals surface area contributed by atoms with E-state index in [9.17, 15) is 14.7 Å². The van der Waals surface area contributed by atoms with Crippen molar-refractivity contribution < 1.29 is 9.90 Å². The largest absolute Gasteiger partial charge is 0.394 e. The number of aliphatic hydroxyl groups is 1. The van der Waals surface area contributed by atoms with Crippen LogP contribution in [-0.4, -0.2) is 49.3 Å². The second-order valence-corrected chi connectivity index (χ2v) is 5.47. The lowest BCUT2D eigenvalue weighted by Crippen LogP contribution is -2.42. The zero-order chi connectivity index (χ0) is 15.0. The molecule has 0 saturated carbocycles. The first-order valence-electron chi connectivity index (χ1n) is 7.06. The van der Waals surface area contributed by atoms with Gasteiger partial charge < -0.3 is 10.0 Å². The normalized spacial score (nSPS) is 22.1. The Labute approximate surface area is 121 Å². The van der Waals surface area contributed by atoms with E-state index < -0.39 is 0 Å². The number of fused-ring (bicyclic) bond motifs is 1. The third-order valence-corrected chi connectivity index (χ3v) is 4.16. The highest BCUT2D eigenvalue weighted by Crippen LogP contribution is 2.23. The third-order valence-electron chi connectivity index (χ3n) is 4.16. The average Bonchev–Trinajstić information content (AvgIpc) is 3.00. The molecule has 3 heterocycles. The number of carbonyl (C=O) groups is 1. The highest BCUT2D eigenvalue weighted by molar-refractivity contribution is 5.76. The van der Waals surface area contributed by atoms with Crippen LogP contribution in [0.3, 0.4) is 0 Å². The fourth-order valence-electron chi connectivity index (χ4n) is 2.89. The molecule has 1 aliphatic heterocycles. The van der Waals surface area contributed by atoms with E-state index in [0.29, 0.717) is 12.2 Å². The van der Waals surface area contributed by atoms with Gasteiger partial charge in [0.15, 0.2) is 5.65 Å². The molecule has 7 nitrogen and oxygen atoms in total. The molecule has 2 atom stereocenters. The van der Waals surface area contributed by atoms with Crippen molar-refractivity contribution in [1.82, 2.24) is 19.1 Å². The second kappa shape index (κ2) is 5.33. The highest BCUT2D eigenvalue weighted by Gasteiger charge is 2.34. The van der Waals surface area contributed by atoms with Gasteiger partial charge in [0.1, 0.15) is 6.54 Å². The fourth-order valence-corrected chi connectivity index (χ4v) is 2.89. The average molecular weight is 290 g/mol. The van der Waals surface area contributed by atoms with Gasteiger partial charge in [-0.05, 0) is 24.5 Å². The van der Waals surface area contributed by atoms with E-state index in [1.807, 2.05) is 6.92 Å². The van der Waals surface area contributed by atoms with Crippen LogP contribution in [0.25, 0.3) is 5.65 Å². The standard InChI is InChI=1S/C14H18N4O3/c1-10-5-7-16(11(10)9-19)13(20)8-18-14(21)17-6-3-2-4-12(17)15-18/h2-4,6,10-11,19H,5,7-9H2,1H3.